The minimum absolute atomic E-state index is 0.0409. The van der Waals surface area contributed by atoms with Crippen LogP contribution in [0.25, 0.3) is 0 Å². The number of halogens is 2. The van der Waals surface area contributed by atoms with Gasteiger partial charge in [0.2, 0.25) is 0 Å². The Hall–Kier alpha value is -1.08. The molecule has 1 saturated heterocycles. The molecule has 0 amide bonds. The molecule has 1 fully saturated rings. The van der Waals surface area contributed by atoms with Gasteiger partial charge in [-0.15, -0.1) is 0 Å². The van der Waals surface area contributed by atoms with Crippen LogP contribution in [0, 0.1) is 18.6 Å². The zero-order chi connectivity index (χ0) is 15.4. The number of nitrogens with one attached hydrogen (secondary N) is 1. The number of hydrazine groups is 1. The second-order valence-corrected chi connectivity index (χ2v) is 5.45. The fourth-order valence-electron chi connectivity index (χ4n) is 2.79. The molecule has 1 aromatic carbocycles. The van der Waals surface area contributed by atoms with Gasteiger partial charge < -0.3 is 4.74 Å². The van der Waals surface area contributed by atoms with Gasteiger partial charge in [-0.2, -0.15) is 0 Å². The van der Waals surface area contributed by atoms with Crippen LogP contribution in [0.2, 0.25) is 0 Å². The van der Waals surface area contributed by atoms with E-state index in [9.17, 15) is 8.78 Å². The maximum Gasteiger partial charge on any atom is 0.133 e. The molecule has 2 unspecified atom stereocenters. The number of nitrogens with two attached hydrogens (primary N) is 1. The summed E-state index contributed by atoms with van der Waals surface area (Å²) in [5.41, 5.74) is 2.88. The van der Waals surface area contributed by atoms with Crippen LogP contribution >= 0.6 is 0 Å². The fourth-order valence-corrected chi connectivity index (χ4v) is 2.79. The van der Waals surface area contributed by atoms with E-state index >= 15 is 0 Å². The largest absolute Gasteiger partial charge is 0.374 e. The van der Waals surface area contributed by atoms with Crippen LogP contribution in [0.1, 0.15) is 30.5 Å². The third-order valence-electron chi connectivity index (χ3n) is 3.90. The van der Waals surface area contributed by atoms with Gasteiger partial charge in [0.15, 0.2) is 0 Å². The molecule has 3 N–H and O–H groups in total. The van der Waals surface area contributed by atoms with Gasteiger partial charge in [0.25, 0.3) is 0 Å². The molecule has 0 bridgehead atoms. The summed E-state index contributed by atoms with van der Waals surface area (Å²) in [6.07, 6.45) is 0.654. The summed E-state index contributed by atoms with van der Waals surface area (Å²) in [7, 11) is 0. The summed E-state index contributed by atoms with van der Waals surface area (Å²) < 4.78 is 34.1. The van der Waals surface area contributed by atoms with E-state index in [1.807, 2.05) is 0 Å². The number of morpholine rings is 1. The van der Waals surface area contributed by atoms with Crippen molar-refractivity contribution in [2.24, 2.45) is 5.84 Å². The quantitative estimate of drug-likeness (QED) is 0.644. The molecule has 1 aliphatic rings. The molecular formula is C15H23F2N3O. The Bertz CT molecular complexity index is 482. The number of hydrogen-bond donors (Lipinski definition) is 2. The first-order chi connectivity index (χ1) is 10.1. The zero-order valence-corrected chi connectivity index (χ0v) is 12.5. The molecule has 6 heteroatoms. The van der Waals surface area contributed by atoms with Crippen molar-refractivity contribution in [1.82, 2.24) is 10.3 Å². The third-order valence-corrected chi connectivity index (χ3v) is 3.90. The average molecular weight is 299 g/mol. The predicted molar refractivity (Wildman–Crippen MR) is 77.6 cm³/mol. The summed E-state index contributed by atoms with van der Waals surface area (Å²) in [6, 6.07) is 1.99. The first-order valence-electron chi connectivity index (χ1n) is 7.33. The Balaban J connectivity index is 2.25. The lowest BCUT2D eigenvalue weighted by Crippen LogP contribution is -2.50. The molecule has 1 aromatic rings. The van der Waals surface area contributed by atoms with Crippen LogP contribution in [-0.4, -0.2) is 37.2 Å². The number of ether oxygens (including phenoxy) is 1. The second-order valence-electron chi connectivity index (χ2n) is 5.45. The van der Waals surface area contributed by atoms with Crippen LogP contribution < -0.4 is 11.3 Å². The highest BCUT2D eigenvalue weighted by atomic mass is 19.1. The molecule has 0 aliphatic carbocycles. The SMILES string of the molecule is CCCN1CCOC(C(NN)c2c(F)ccc(C)c2F)C1. The van der Waals surface area contributed by atoms with E-state index in [1.165, 1.54) is 12.1 Å². The van der Waals surface area contributed by atoms with Crippen LogP contribution in [-0.2, 0) is 4.74 Å². The van der Waals surface area contributed by atoms with Crippen molar-refractivity contribution >= 4 is 0 Å². The predicted octanol–water partition coefficient (Wildman–Crippen LogP) is 1.89. The van der Waals surface area contributed by atoms with E-state index in [4.69, 9.17) is 10.6 Å². The minimum atomic E-state index is -0.704. The molecular weight excluding hydrogens is 276 g/mol. The highest BCUT2D eigenvalue weighted by Gasteiger charge is 2.32. The van der Waals surface area contributed by atoms with Gasteiger partial charge in [0.1, 0.15) is 11.6 Å². The lowest BCUT2D eigenvalue weighted by atomic mass is 9.97. The first kappa shape index (κ1) is 16.3. The molecule has 118 valence electrons. The minimum Gasteiger partial charge on any atom is -0.374 e. The van der Waals surface area contributed by atoms with Gasteiger partial charge in [0, 0.05) is 18.7 Å². The molecule has 0 spiro atoms. The molecule has 0 saturated carbocycles. The molecule has 2 rings (SSSR count). The summed E-state index contributed by atoms with van der Waals surface area (Å²) in [6.45, 7) is 6.63. The number of benzene rings is 1. The maximum absolute atomic E-state index is 14.3. The smallest absolute Gasteiger partial charge is 0.133 e. The fraction of sp³-hybridized carbons (Fsp3) is 0.600. The lowest BCUT2D eigenvalue weighted by molar-refractivity contribution is -0.0481. The standard InChI is InChI=1S/C15H23F2N3O/c1-3-6-20-7-8-21-12(9-20)15(19-18)13-11(16)5-4-10(2)14(13)17/h4-5,12,15,19H,3,6-9,18H2,1-2H3. The van der Waals surface area contributed by atoms with E-state index in [1.54, 1.807) is 6.92 Å². The molecule has 1 aliphatic heterocycles. The van der Waals surface area contributed by atoms with Crippen molar-refractivity contribution in [2.75, 3.05) is 26.2 Å². The van der Waals surface area contributed by atoms with Crippen LogP contribution in [0.5, 0.6) is 0 Å². The van der Waals surface area contributed by atoms with Crippen LogP contribution in [0.3, 0.4) is 0 Å². The van der Waals surface area contributed by atoms with Crippen molar-refractivity contribution < 1.29 is 13.5 Å². The Morgan fingerprint density at radius 2 is 2.24 bits per heavy atom. The topological polar surface area (TPSA) is 50.5 Å². The third kappa shape index (κ3) is 3.58. The van der Waals surface area contributed by atoms with E-state index < -0.39 is 17.7 Å². The van der Waals surface area contributed by atoms with Crippen molar-refractivity contribution in [3.05, 3.63) is 34.9 Å². The summed E-state index contributed by atoms with van der Waals surface area (Å²) in [4.78, 5) is 2.23. The monoisotopic (exact) mass is 299 g/mol. The van der Waals surface area contributed by atoms with Crippen molar-refractivity contribution in [3.8, 4) is 0 Å². The molecule has 0 radical (unpaired) electrons. The molecule has 0 aromatic heterocycles. The van der Waals surface area contributed by atoms with Gasteiger partial charge in [-0.05, 0) is 31.5 Å². The van der Waals surface area contributed by atoms with Crippen LogP contribution in [0.4, 0.5) is 8.78 Å². The van der Waals surface area contributed by atoms with E-state index in [0.717, 1.165) is 19.5 Å². The summed E-state index contributed by atoms with van der Waals surface area (Å²) in [5, 5.41) is 0. The first-order valence-corrected chi connectivity index (χ1v) is 7.33. The lowest BCUT2D eigenvalue weighted by Gasteiger charge is -2.37. The number of hydrogen-bond acceptors (Lipinski definition) is 4. The highest BCUT2D eigenvalue weighted by molar-refractivity contribution is 5.30. The van der Waals surface area contributed by atoms with E-state index in [0.29, 0.717) is 18.7 Å². The molecule has 1 heterocycles. The summed E-state index contributed by atoms with van der Waals surface area (Å²) in [5.74, 6) is 4.40. The van der Waals surface area contributed by atoms with Gasteiger partial charge in [-0.25, -0.2) is 8.78 Å². The van der Waals surface area contributed by atoms with Crippen molar-refractivity contribution in [3.63, 3.8) is 0 Å². The molecule has 4 nitrogen and oxygen atoms in total. The summed E-state index contributed by atoms with van der Waals surface area (Å²) >= 11 is 0. The van der Waals surface area contributed by atoms with Crippen molar-refractivity contribution in [1.29, 1.82) is 0 Å². The number of aryl methyl sites for hydroxylation is 1. The Morgan fingerprint density at radius 1 is 1.48 bits per heavy atom. The highest BCUT2D eigenvalue weighted by Crippen LogP contribution is 2.28. The Kier molecular flexibility index (Phi) is 5.64. The number of nitrogens with zero attached hydrogens (tertiary/aromatic N) is 1. The van der Waals surface area contributed by atoms with E-state index in [2.05, 4.69) is 17.2 Å². The second kappa shape index (κ2) is 7.26. The van der Waals surface area contributed by atoms with Crippen molar-refractivity contribution in [2.45, 2.75) is 32.4 Å². The van der Waals surface area contributed by atoms with Crippen LogP contribution in [0.15, 0.2) is 12.1 Å². The van der Waals surface area contributed by atoms with Gasteiger partial charge in [0.05, 0.1) is 18.8 Å². The Labute approximate surface area is 124 Å². The van der Waals surface area contributed by atoms with E-state index in [-0.39, 0.29) is 11.7 Å². The molecule has 2 atom stereocenters. The van der Waals surface area contributed by atoms with Gasteiger partial charge in [-0.3, -0.25) is 16.2 Å². The average Bonchev–Trinajstić information content (AvgIpc) is 2.48. The zero-order valence-electron chi connectivity index (χ0n) is 12.5. The normalized spacial score (nSPS) is 21.5. The maximum atomic E-state index is 14.3. The Morgan fingerprint density at radius 3 is 2.90 bits per heavy atom. The van der Waals surface area contributed by atoms with Gasteiger partial charge in [-0.1, -0.05) is 13.0 Å². The van der Waals surface area contributed by atoms with Gasteiger partial charge >= 0.3 is 0 Å². The number of rotatable bonds is 5. The molecule has 21 heavy (non-hydrogen) atoms.